The van der Waals surface area contributed by atoms with Gasteiger partial charge in [0, 0.05) is 32.2 Å². The average Bonchev–Trinajstić information content (AvgIpc) is 3.24. The quantitative estimate of drug-likeness (QED) is 0.777. The first kappa shape index (κ1) is 12.8. The first-order chi connectivity index (χ1) is 8.68. The Bertz CT molecular complexity index is 380. The van der Waals surface area contributed by atoms with Crippen molar-refractivity contribution in [3.63, 3.8) is 0 Å². The maximum Gasteiger partial charge on any atom is 0.217 e. The molecule has 1 saturated carbocycles. The molecule has 104 valence electrons. The summed E-state index contributed by atoms with van der Waals surface area (Å²) in [6.07, 6.45) is 4.15. The maximum absolute atomic E-state index is 12.5. The van der Waals surface area contributed by atoms with Gasteiger partial charge in [0.25, 0.3) is 0 Å². The lowest BCUT2D eigenvalue weighted by Gasteiger charge is -2.36. The summed E-state index contributed by atoms with van der Waals surface area (Å²) in [5.74, 6) is 0. The normalized spacial score (nSPS) is 29.6. The van der Waals surface area contributed by atoms with Crippen LogP contribution in [0.2, 0.25) is 0 Å². The monoisotopic (exact) mass is 273 g/mol. The van der Waals surface area contributed by atoms with E-state index in [0.717, 1.165) is 45.1 Å². The molecule has 0 atom stereocenters. The zero-order chi connectivity index (χ0) is 12.6. The highest BCUT2D eigenvalue weighted by Gasteiger charge is 2.37. The van der Waals surface area contributed by atoms with Crippen LogP contribution in [0, 0.1) is 0 Å². The molecule has 2 aliphatic heterocycles. The van der Waals surface area contributed by atoms with Gasteiger partial charge in [0.2, 0.25) is 10.0 Å². The van der Waals surface area contributed by atoms with Crippen LogP contribution in [0.4, 0.5) is 0 Å². The van der Waals surface area contributed by atoms with Crippen molar-refractivity contribution in [1.82, 2.24) is 14.5 Å². The molecule has 2 heterocycles. The Morgan fingerprint density at radius 3 is 2.06 bits per heavy atom. The van der Waals surface area contributed by atoms with E-state index in [9.17, 15) is 8.42 Å². The summed E-state index contributed by atoms with van der Waals surface area (Å²) in [4.78, 5) is 2.45. The lowest BCUT2D eigenvalue weighted by atomic mass is 10.2. The molecule has 0 aromatic heterocycles. The van der Waals surface area contributed by atoms with Crippen molar-refractivity contribution in [2.24, 2.45) is 0 Å². The van der Waals surface area contributed by atoms with Crippen molar-refractivity contribution < 1.29 is 8.42 Å². The van der Waals surface area contributed by atoms with Gasteiger partial charge < -0.3 is 5.32 Å². The molecule has 0 aromatic carbocycles. The highest BCUT2D eigenvalue weighted by Crippen LogP contribution is 2.28. The van der Waals surface area contributed by atoms with E-state index in [2.05, 4.69) is 10.2 Å². The second kappa shape index (κ2) is 5.07. The molecule has 0 unspecified atom stereocenters. The molecule has 0 aromatic rings. The van der Waals surface area contributed by atoms with E-state index in [0.29, 0.717) is 13.1 Å². The number of rotatable bonds is 3. The molecule has 0 radical (unpaired) electrons. The number of piperazine rings is 1. The van der Waals surface area contributed by atoms with Crippen LogP contribution in [0.15, 0.2) is 0 Å². The van der Waals surface area contributed by atoms with Crippen molar-refractivity contribution in [2.75, 3.05) is 39.3 Å². The molecular weight excluding hydrogens is 250 g/mol. The minimum atomic E-state index is -3.05. The van der Waals surface area contributed by atoms with Gasteiger partial charge in [0.15, 0.2) is 0 Å². The van der Waals surface area contributed by atoms with E-state index in [1.165, 1.54) is 12.8 Å². The zero-order valence-corrected chi connectivity index (χ0v) is 11.7. The minimum Gasteiger partial charge on any atom is -0.317 e. The third-order valence-electron chi connectivity index (χ3n) is 4.40. The molecule has 1 N–H and O–H groups in total. The Hall–Kier alpha value is -0.170. The summed E-state index contributed by atoms with van der Waals surface area (Å²) in [5.41, 5.74) is 0. The SMILES string of the molecule is O=S(=O)(C1CCNCC1)N1CCN(C2CC2)CC1. The van der Waals surface area contributed by atoms with Gasteiger partial charge in [-0.3, -0.25) is 4.90 Å². The Labute approximate surface area is 110 Å². The van der Waals surface area contributed by atoms with Crippen molar-refractivity contribution in [2.45, 2.75) is 37.0 Å². The van der Waals surface area contributed by atoms with Crippen molar-refractivity contribution in [3.05, 3.63) is 0 Å². The first-order valence-electron chi connectivity index (χ1n) is 7.11. The Kier molecular flexibility index (Phi) is 3.62. The Morgan fingerprint density at radius 2 is 1.50 bits per heavy atom. The van der Waals surface area contributed by atoms with Crippen molar-refractivity contribution in [3.8, 4) is 0 Å². The Morgan fingerprint density at radius 1 is 0.889 bits per heavy atom. The summed E-state index contributed by atoms with van der Waals surface area (Å²) in [6.45, 7) is 4.92. The third kappa shape index (κ3) is 2.57. The summed E-state index contributed by atoms with van der Waals surface area (Å²) < 4.78 is 26.8. The van der Waals surface area contributed by atoms with Gasteiger partial charge in [0.1, 0.15) is 0 Å². The first-order valence-corrected chi connectivity index (χ1v) is 8.62. The molecular formula is C12H23N3O2S. The minimum absolute atomic E-state index is 0.147. The standard InChI is InChI=1S/C12H23N3O2S/c16-18(17,12-3-5-13-6-4-12)15-9-7-14(8-10-15)11-1-2-11/h11-13H,1-10H2. The van der Waals surface area contributed by atoms with Crippen LogP contribution in [-0.4, -0.2) is 68.2 Å². The molecule has 0 spiro atoms. The molecule has 0 bridgehead atoms. The largest absolute Gasteiger partial charge is 0.317 e. The number of nitrogens with one attached hydrogen (secondary N) is 1. The molecule has 5 nitrogen and oxygen atoms in total. The fourth-order valence-electron chi connectivity index (χ4n) is 3.07. The van der Waals surface area contributed by atoms with Crippen molar-refractivity contribution in [1.29, 1.82) is 0 Å². The molecule has 3 rings (SSSR count). The topological polar surface area (TPSA) is 52.7 Å². The fourth-order valence-corrected chi connectivity index (χ4v) is 4.99. The van der Waals surface area contributed by atoms with E-state index < -0.39 is 10.0 Å². The van der Waals surface area contributed by atoms with Gasteiger partial charge in [-0.05, 0) is 38.8 Å². The van der Waals surface area contributed by atoms with E-state index in [4.69, 9.17) is 0 Å². The summed E-state index contributed by atoms with van der Waals surface area (Å²) in [7, 11) is -3.05. The van der Waals surface area contributed by atoms with Crippen LogP contribution in [0.1, 0.15) is 25.7 Å². The predicted octanol–water partition coefficient (Wildman–Crippen LogP) is -0.152. The number of nitrogens with zero attached hydrogens (tertiary/aromatic N) is 2. The zero-order valence-electron chi connectivity index (χ0n) is 10.8. The van der Waals surface area contributed by atoms with Gasteiger partial charge in [0.05, 0.1) is 5.25 Å². The van der Waals surface area contributed by atoms with Gasteiger partial charge in [-0.1, -0.05) is 0 Å². The van der Waals surface area contributed by atoms with Crippen molar-refractivity contribution >= 4 is 10.0 Å². The second-order valence-corrected chi connectivity index (χ2v) is 7.87. The lowest BCUT2D eigenvalue weighted by Crippen LogP contribution is -2.52. The predicted molar refractivity (Wildman–Crippen MR) is 71.0 cm³/mol. The summed E-state index contributed by atoms with van der Waals surface area (Å²) in [5, 5.41) is 3.08. The van der Waals surface area contributed by atoms with E-state index >= 15 is 0 Å². The highest BCUT2D eigenvalue weighted by molar-refractivity contribution is 7.89. The van der Waals surface area contributed by atoms with Crippen LogP contribution >= 0.6 is 0 Å². The van der Waals surface area contributed by atoms with E-state index in [-0.39, 0.29) is 5.25 Å². The van der Waals surface area contributed by atoms with Gasteiger partial charge >= 0.3 is 0 Å². The Balaban J connectivity index is 1.59. The molecule has 0 amide bonds. The fraction of sp³-hybridized carbons (Fsp3) is 1.00. The van der Waals surface area contributed by atoms with Gasteiger partial charge in [-0.25, -0.2) is 8.42 Å². The van der Waals surface area contributed by atoms with Crippen LogP contribution in [0.25, 0.3) is 0 Å². The van der Waals surface area contributed by atoms with E-state index in [1.54, 1.807) is 4.31 Å². The van der Waals surface area contributed by atoms with Gasteiger partial charge in [-0.15, -0.1) is 0 Å². The molecule has 6 heteroatoms. The highest BCUT2D eigenvalue weighted by atomic mass is 32.2. The second-order valence-electron chi connectivity index (χ2n) is 5.66. The van der Waals surface area contributed by atoms with Crippen LogP contribution in [0.3, 0.4) is 0 Å². The van der Waals surface area contributed by atoms with Crippen LogP contribution < -0.4 is 5.32 Å². The molecule has 2 saturated heterocycles. The smallest absolute Gasteiger partial charge is 0.217 e. The number of piperidine rings is 1. The molecule has 3 fully saturated rings. The number of hydrogen-bond acceptors (Lipinski definition) is 4. The third-order valence-corrected chi connectivity index (χ3v) is 6.80. The number of sulfonamides is 1. The maximum atomic E-state index is 12.5. The average molecular weight is 273 g/mol. The number of hydrogen-bond donors (Lipinski definition) is 1. The molecule has 18 heavy (non-hydrogen) atoms. The van der Waals surface area contributed by atoms with E-state index in [1.807, 2.05) is 0 Å². The summed E-state index contributed by atoms with van der Waals surface area (Å²) >= 11 is 0. The molecule has 3 aliphatic rings. The van der Waals surface area contributed by atoms with Crippen LogP contribution in [0.5, 0.6) is 0 Å². The van der Waals surface area contributed by atoms with Gasteiger partial charge in [-0.2, -0.15) is 4.31 Å². The van der Waals surface area contributed by atoms with Crippen LogP contribution in [-0.2, 0) is 10.0 Å². The molecule has 1 aliphatic carbocycles. The lowest BCUT2D eigenvalue weighted by molar-refractivity contribution is 0.179. The summed E-state index contributed by atoms with van der Waals surface area (Å²) in [6, 6.07) is 0.758.